The van der Waals surface area contributed by atoms with Crippen LogP contribution in [0.4, 0.5) is 5.69 Å². The molecule has 0 spiro atoms. The summed E-state index contributed by atoms with van der Waals surface area (Å²) in [4.78, 5) is 4.37. The van der Waals surface area contributed by atoms with Crippen LogP contribution in [0.25, 0.3) is 10.9 Å². The van der Waals surface area contributed by atoms with E-state index in [1.165, 1.54) is 0 Å². The van der Waals surface area contributed by atoms with E-state index in [2.05, 4.69) is 4.98 Å². The second-order valence-corrected chi connectivity index (χ2v) is 5.39. The number of hydrogen-bond donors (Lipinski definition) is 1. The second kappa shape index (κ2) is 7.79. The molecule has 2 aromatic carbocycles. The van der Waals surface area contributed by atoms with E-state index in [0.29, 0.717) is 40.0 Å². The van der Waals surface area contributed by atoms with Crippen molar-refractivity contribution in [1.29, 1.82) is 0 Å². The largest absolute Gasteiger partial charge is 0.494 e. The van der Waals surface area contributed by atoms with Gasteiger partial charge in [-0.3, -0.25) is 4.98 Å². The van der Waals surface area contributed by atoms with Gasteiger partial charge in [0.05, 0.1) is 25.4 Å². The van der Waals surface area contributed by atoms with E-state index in [1.54, 1.807) is 57.9 Å². The van der Waals surface area contributed by atoms with Gasteiger partial charge in [0.1, 0.15) is 17.2 Å². The Labute approximate surface area is 151 Å². The number of pyridine rings is 1. The summed E-state index contributed by atoms with van der Waals surface area (Å²) >= 11 is 0. The predicted octanol–water partition coefficient (Wildman–Crippen LogP) is 3.61. The van der Waals surface area contributed by atoms with Crippen molar-refractivity contribution in [3.05, 3.63) is 42.6 Å². The van der Waals surface area contributed by atoms with Crippen molar-refractivity contribution in [3.8, 4) is 28.7 Å². The normalized spacial score (nSPS) is 10.6. The molecule has 0 aliphatic carbocycles. The Morgan fingerprint density at radius 2 is 1.69 bits per heavy atom. The van der Waals surface area contributed by atoms with E-state index in [4.69, 9.17) is 29.4 Å². The standard InChI is InChI=1S/C19H20N2O5/c1-22-11-25-19-10-15-13(9-18(19)24-3)16(6-7-21-15)26-12-4-5-14(20)17(8-12)23-2/h4-10H,11,20H2,1-3H3. The lowest BCUT2D eigenvalue weighted by Gasteiger charge is -2.14. The zero-order chi connectivity index (χ0) is 18.5. The summed E-state index contributed by atoms with van der Waals surface area (Å²) in [6.07, 6.45) is 1.67. The topological polar surface area (TPSA) is 85.1 Å². The van der Waals surface area contributed by atoms with Gasteiger partial charge in [-0.15, -0.1) is 0 Å². The van der Waals surface area contributed by atoms with Crippen LogP contribution in [0.1, 0.15) is 0 Å². The van der Waals surface area contributed by atoms with Crippen molar-refractivity contribution < 1.29 is 23.7 Å². The number of nitrogens with two attached hydrogens (primary N) is 1. The van der Waals surface area contributed by atoms with Gasteiger partial charge in [0.25, 0.3) is 0 Å². The molecule has 0 aliphatic rings. The summed E-state index contributed by atoms with van der Waals surface area (Å²) in [6, 6.07) is 10.6. The SMILES string of the molecule is COCOc1cc2nccc(Oc3ccc(N)c(OC)c3)c2cc1OC. The molecule has 7 heteroatoms. The average Bonchev–Trinajstić information content (AvgIpc) is 2.67. The number of anilines is 1. The van der Waals surface area contributed by atoms with E-state index >= 15 is 0 Å². The van der Waals surface area contributed by atoms with Crippen LogP contribution >= 0.6 is 0 Å². The van der Waals surface area contributed by atoms with Crippen LogP contribution < -0.4 is 24.7 Å². The summed E-state index contributed by atoms with van der Waals surface area (Å²) in [6.45, 7) is 0.114. The summed E-state index contributed by atoms with van der Waals surface area (Å²) in [5.74, 6) is 2.87. The first kappa shape index (κ1) is 17.6. The first-order valence-electron chi connectivity index (χ1n) is 7.86. The molecule has 0 saturated heterocycles. The summed E-state index contributed by atoms with van der Waals surface area (Å²) in [5.41, 5.74) is 7.10. The first-order valence-corrected chi connectivity index (χ1v) is 7.86. The predicted molar refractivity (Wildman–Crippen MR) is 98.3 cm³/mol. The number of rotatable bonds is 7. The number of aromatic nitrogens is 1. The molecule has 0 aliphatic heterocycles. The van der Waals surface area contributed by atoms with Crippen molar-refractivity contribution in [1.82, 2.24) is 4.98 Å². The minimum Gasteiger partial charge on any atom is -0.494 e. The van der Waals surface area contributed by atoms with E-state index in [0.717, 1.165) is 5.39 Å². The maximum absolute atomic E-state index is 6.01. The third-order valence-electron chi connectivity index (χ3n) is 3.75. The molecule has 3 rings (SSSR count). The Morgan fingerprint density at radius 1 is 0.885 bits per heavy atom. The van der Waals surface area contributed by atoms with E-state index in [9.17, 15) is 0 Å². The molecule has 1 aromatic heterocycles. The smallest absolute Gasteiger partial charge is 0.188 e. The number of hydrogen-bond acceptors (Lipinski definition) is 7. The molecular weight excluding hydrogens is 336 g/mol. The van der Waals surface area contributed by atoms with Gasteiger partial charge in [-0.05, 0) is 24.3 Å². The minimum atomic E-state index is 0.114. The molecule has 0 radical (unpaired) electrons. The highest BCUT2D eigenvalue weighted by atomic mass is 16.7. The summed E-state index contributed by atoms with van der Waals surface area (Å²) in [7, 11) is 4.69. The molecule has 0 atom stereocenters. The Balaban J connectivity index is 2.01. The van der Waals surface area contributed by atoms with Crippen LogP contribution in [0, 0.1) is 0 Å². The third-order valence-corrected chi connectivity index (χ3v) is 3.75. The van der Waals surface area contributed by atoms with E-state index in [-0.39, 0.29) is 6.79 Å². The first-order chi connectivity index (χ1) is 12.7. The zero-order valence-corrected chi connectivity index (χ0v) is 14.8. The van der Waals surface area contributed by atoms with Gasteiger partial charge in [-0.2, -0.15) is 0 Å². The van der Waals surface area contributed by atoms with Gasteiger partial charge < -0.3 is 29.4 Å². The molecule has 0 bridgehead atoms. The molecule has 26 heavy (non-hydrogen) atoms. The molecule has 0 fully saturated rings. The van der Waals surface area contributed by atoms with Crippen LogP contribution in [-0.2, 0) is 4.74 Å². The number of nitrogens with zero attached hydrogens (tertiary/aromatic N) is 1. The minimum absolute atomic E-state index is 0.114. The quantitative estimate of drug-likeness (QED) is 0.511. The Bertz CT molecular complexity index is 914. The highest BCUT2D eigenvalue weighted by Gasteiger charge is 2.12. The molecule has 2 N–H and O–H groups in total. The van der Waals surface area contributed by atoms with E-state index < -0.39 is 0 Å². The highest BCUT2D eigenvalue weighted by Crippen LogP contribution is 2.38. The van der Waals surface area contributed by atoms with Gasteiger partial charge in [-0.1, -0.05) is 0 Å². The molecule has 136 valence electrons. The fourth-order valence-corrected chi connectivity index (χ4v) is 2.49. The number of nitrogen functional groups attached to an aromatic ring is 1. The summed E-state index contributed by atoms with van der Waals surface area (Å²) < 4.78 is 27.1. The molecule has 3 aromatic rings. The van der Waals surface area contributed by atoms with Crippen LogP contribution in [0.5, 0.6) is 28.7 Å². The number of benzene rings is 2. The van der Waals surface area contributed by atoms with Crippen molar-refractivity contribution in [2.24, 2.45) is 0 Å². The lowest BCUT2D eigenvalue weighted by atomic mass is 10.2. The third kappa shape index (κ3) is 3.57. The highest BCUT2D eigenvalue weighted by molar-refractivity contribution is 5.88. The number of ether oxygens (including phenoxy) is 5. The van der Waals surface area contributed by atoms with Crippen molar-refractivity contribution in [2.75, 3.05) is 33.9 Å². The van der Waals surface area contributed by atoms with Crippen molar-refractivity contribution in [2.45, 2.75) is 0 Å². The maximum atomic E-state index is 6.01. The lowest BCUT2D eigenvalue weighted by molar-refractivity contribution is 0.0493. The second-order valence-electron chi connectivity index (χ2n) is 5.39. The van der Waals surface area contributed by atoms with Gasteiger partial charge in [0.15, 0.2) is 18.3 Å². The van der Waals surface area contributed by atoms with E-state index in [1.807, 2.05) is 6.07 Å². The van der Waals surface area contributed by atoms with Gasteiger partial charge in [-0.25, -0.2) is 0 Å². The lowest BCUT2D eigenvalue weighted by Crippen LogP contribution is -2.01. The molecule has 7 nitrogen and oxygen atoms in total. The van der Waals surface area contributed by atoms with Crippen LogP contribution in [0.3, 0.4) is 0 Å². The molecule has 1 heterocycles. The monoisotopic (exact) mass is 356 g/mol. The van der Waals surface area contributed by atoms with Gasteiger partial charge in [0.2, 0.25) is 0 Å². The average molecular weight is 356 g/mol. The fraction of sp³-hybridized carbons (Fsp3) is 0.211. The molecular formula is C19H20N2O5. The van der Waals surface area contributed by atoms with Crippen molar-refractivity contribution in [3.63, 3.8) is 0 Å². The van der Waals surface area contributed by atoms with Crippen molar-refractivity contribution >= 4 is 16.6 Å². The van der Waals surface area contributed by atoms with Gasteiger partial charge >= 0.3 is 0 Å². The van der Waals surface area contributed by atoms with Crippen LogP contribution in [0.2, 0.25) is 0 Å². The number of fused-ring (bicyclic) bond motifs is 1. The molecule has 0 unspecified atom stereocenters. The zero-order valence-electron chi connectivity index (χ0n) is 14.8. The Kier molecular flexibility index (Phi) is 5.28. The Hall–Kier alpha value is -3.19. The van der Waals surface area contributed by atoms with Crippen LogP contribution in [0.15, 0.2) is 42.6 Å². The fourth-order valence-electron chi connectivity index (χ4n) is 2.49. The number of methoxy groups -OCH3 is 3. The summed E-state index contributed by atoms with van der Waals surface area (Å²) in [5, 5.41) is 0.782. The van der Waals surface area contributed by atoms with Crippen LogP contribution in [-0.4, -0.2) is 33.1 Å². The molecule has 0 saturated carbocycles. The Morgan fingerprint density at radius 3 is 2.42 bits per heavy atom. The molecule has 0 amide bonds. The maximum Gasteiger partial charge on any atom is 0.188 e. The van der Waals surface area contributed by atoms with Gasteiger partial charge in [0, 0.05) is 30.8 Å².